The molecule has 1 aliphatic rings. The Hall–Kier alpha value is -0.670. The van der Waals surface area contributed by atoms with E-state index in [9.17, 15) is 4.79 Å². The van der Waals surface area contributed by atoms with Gasteiger partial charge < -0.3 is 0 Å². The van der Waals surface area contributed by atoms with E-state index in [1.807, 2.05) is 0 Å². The molecule has 3 heteroatoms. The zero-order valence-electron chi connectivity index (χ0n) is 9.11. The van der Waals surface area contributed by atoms with Gasteiger partial charge in [0.1, 0.15) is 5.78 Å². The van der Waals surface area contributed by atoms with Crippen molar-refractivity contribution in [3.05, 3.63) is 22.4 Å². The molecule has 1 aromatic heterocycles. The van der Waals surface area contributed by atoms with Crippen LogP contribution in [0.25, 0.3) is 0 Å². The normalized spacial score (nSPS) is 22.9. The van der Waals surface area contributed by atoms with Crippen molar-refractivity contribution in [1.29, 1.82) is 0 Å². The van der Waals surface area contributed by atoms with Crippen molar-refractivity contribution in [3.63, 3.8) is 0 Å². The van der Waals surface area contributed by atoms with Gasteiger partial charge in [0.05, 0.1) is 0 Å². The Morgan fingerprint density at radius 3 is 3.20 bits per heavy atom. The fraction of sp³-hybridized carbons (Fsp3) is 0.583. The molecule has 15 heavy (non-hydrogen) atoms. The van der Waals surface area contributed by atoms with E-state index in [1.54, 1.807) is 18.3 Å². The van der Waals surface area contributed by atoms with Crippen molar-refractivity contribution in [3.8, 4) is 0 Å². The number of likely N-dealkylation sites (tertiary alicyclic amines) is 1. The van der Waals surface area contributed by atoms with Crippen molar-refractivity contribution >= 4 is 17.1 Å². The summed E-state index contributed by atoms with van der Waals surface area (Å²) in [6.07, 6.45) is 2.24. The van der Waals surface area contributed by atoms with Gasteiger partial charge in [-0.2, -0.15) is 11.3 Å². The SMILES string of the molecule is CC(=O)C1CCCN(Cc2ccsc2)C1. The number of carbonyl (C=O) groups excluding carboxylic acids is 1. The Bertz CT molecular complexity index is 320. The fourth-order valence-electron chi connectivity index (χ4n) is 2.17. The van der Waals surface area contributed by atoms with Crippen LogP contribution in [-0.2, 0) is 11.3 Å². The van der Waals surface area contributed by atoms with E-state index < -0.39 is 0 Å². The molecule has 0 bridgehead atoms. The van der Waals surface area contributed by atoms with Crippen molar-refractivity contribution < 1.29 is 4.79 Å². The molecule has 1 fully saturated rings. The lowest BCUT2D eigenvalue weighted by atomic mass is 9.94. The highest BCUT2D eigenvalue weighted by molar-refractivity contribution is 7.07. The van der Waals surface area contributed by atoms with E-state index in [2.05, 4.69) is 21.7 Å². The molecular weight excluding hydrogens is 206 g/mol. The van der Waals surface area contributed by atoms with Gasteiger partial charge >= 0.3 is 0 Å². The van der Waals surface area contributed by atoms with Crippen LogP contribution < -0.4 is 0 Å². The van der Waals surface area contributed by atoms with Gasteiger partial charge in [-0.3, -0.25) is 9.69 Å². The molecule has 0 saturated carbocycles. The summed E-state index contributed by atoms with van der Waals surface area (Å²) < 4.78 is 0. The molecule has 2 nitrogen and oxygen atoms in total. The zero-order chi connectivity index (χ0) is 10.7. The second-order valence-corrected chi connectivity index (χ2v) is 5.10. The third kappa shape index (κ3) is 2.89. The Kier molecular flexibility index (Phi) is 3.54. The number of Topliss-reactive ketones (excluding diaryl/α,β-unsaturated/α-hetero) is 1. The second-order valence-electron chi connectivity index (χ2n) is 4.32. The first-order chi connectivity index (χ1) is 7.25. The molecule has 2 heterocycles. The lowest BCUT2D eigenvalue weighted by Crippen LogP contribution is -2.37. The molecule has 1 aliphatic heterocycles. The van der Waals surface area contributed by atoms with Gasteiger partial charge in [0, 0.05) is 19.0 Å². The number of piperidine rings is 1. The molecule has 0 aromatic carbocycles. The summed E-state index contributed by atoms with van der Waals surface area (Å²) in [6.45, 7) is 4.82. The number of rotatable bonds is 3. The first-order valence-corrected chi connectivity index (χ1v) is 6.44. The maximum atomic E-state index is 11.3. The van der Waals surface area contributed by atoms with Crippen molar-refractivity contribution in [2.24, 2.45) is 5.92 Å². The van der Waals surface area contributed by atoms with Gasteiger partial charge in [-0.05, 0) is 48.7 Å². The molecule has 2 rings (SSSR count). The lowest BCUT2D eigenvalue weighted by molar-refractivity contribution is -0.122. The Morgan fingerprint density at radius 1 is 1.67 bits per heavy atom. The van der Waals surface area contributed by atoms with Crippen LogP contribution in [0.5, 0.6) is 0 Å². The van der Waals surface area contributed by atoms with Crippen LogP contribution in [0.4, 0.5) is 0 Å². The highest BCUT2D eigenvalue weighted by Gasteiger charge is 2.22. The predicted molar refractivity (Wildman–Crippen MR) is 63.0 cm³/mol. The van der Waals surface area contributed by atoms with E-state index >= 15 is 0 Å². The quantitative estimate of drug-likeness (QED) is 0.785. The molecule has 0 aliphatic carbocycles. The van der Waals surface area contributed by atoms with Crippen LogP contribution in [0.15, 0.2) is 16.8 Å². The van der Waals surface area contributed by atoms with Gasteiger partial charge in [0.15, 0.2) is 0 Å². The lowest BCUT2D eigenvalue weighted by Gasteiger charge is -2.31. The average molecular weight is 223 g/mol. The van der Waals surface area contributed by atoms with Gasteiger partial charge in [0.25, 0.3) is 0 Å². The van der Waals surface area contributed by atoms with Crippen LogP contribution in [0.2, 0.25) is 0 Å². The van der Waals surface area contributed by atoms with Crippen LogP contribution in [0.3, 0.4) is 0 Å². The van der Waals surface area contributed by atoms with E-state index in [0.717, 1.165) is 32.5 Å². The number of hydrogen-bond acceptors (Lipinski definition) is 3. The van der Waals surface area contributed by atoms with E-state index in [0.29, 0.717) is 5.78 Å². The number of nitrogens with zero attached hydrogens (tertiary/aromatic N) is 1. The van der Waals surface area contributed by atoms with Gasteiger partial charge in [-0.15, -0.1) is 0 Å². The van der Waals surface area contributed by atoms with Gasteiger partial charge in [-0.1, -0.05) is 0 Å². The minimum Gasteiger partial charge on any atom is -0.300 e. The van der Waals surface area contributed by atoms with Crippen LogP contribution in [-0.4, -0.2) is 23.8 Å². The van der Waals surface area contributed by atoms with Crippen molar-refractivity contribution in [2.75, 3.05) is 13.1 Å². The van der Waals surface area contributed by atoms with Crippen molar-refractivity contribution in [1.82, 2.24) is 4.90 Å². The van der Waals surface area contributed by atoms with Crippen molar-refractivity contribution in [2.45, 2.75) is 26.3 Å². The highest BCUT2D eigenvalue weighted by Crippen LogP contribution is 2.19. The predicted octanol–water partition coefficient (Wildman–Crippen LogP) is 2.55. The minimum absolute atomic E-state index is 0.275. The molecule has 82 valence electrons. The summed E-state index contributed by atoms with van der Waals surface area (Å²) in [5, 5.41) is 4.30. The fourth-order valence-corrected chi connectivity index (χ4v) is 2.83. The summed E-state index contributed by atoms with van der Waals surface area (Å²) in [6, 6.07) is 2.17. The third-order valence-corrected chi connectivity index (χ3v) is 3.80. The molecule has 1 aromatic rings. The number of ketones is 1. The average Bonchev–Trinajstić information content (AvgIpc) is 2.71. The van der Waals surface area contributed by atoms with Crippen LogP contribution in [0, 0.1) is 5.92 Å². The smallest absolute Gasteiger partial charge is 0.134 e. The monoisotopic (exact) mass is 223 g/mol. The number of hydrogen-bond donors (Lipinski definition) is 0. The Labute approximate surface area is 94.9 Å². The summed E-state index contributed by atoms with van der Waals surface area (Å²) in [7, 11) is 0. The molecule has 0 amide bonds. The number of carbonyl (C=O) groups is 1. The number of thiophene rings is 1. The molecular formula is C12H17NOS. The van der Waals surface area contributed by atoms with Crippen LogP contribution >= 0.6 is 11.3 Å². The summed E-state index contributed by atoms with van der Waals surface area (Å²) in [5.41, 5.74) is 1.38. The molecule has 0 radical (unpaired) electrons. The molecule has 1 saturated heterocycles. The summed E-state index contributed by atoms with van der Waals surface area (Å²) in [5.74, 6) is 0.627. The van der Waals surface area contributed by atoms with Crippen LogP contribution in [0.1, 0.15) is 25.3 Å². The van der Waals surface area contributed by atoms with E-state index in [-0.39, 0.29) is 5.92 Å². The minimum atomic E-state index is 0.275. The second kappa shape index (κ2) is 4.90. The summed E-state index contributed by atoms with van der Waals surface area (Å²) in [4.78, 5) is 13.7. The van der Waals surface area contributed by atoms with Gasteiger partial charge in [-0.25, -0.2) is 0 Å². The first-order valence-electron chi connectivity index (χ1n) is 5.49. The Balaban J connectivity index is 1.90. The zero-order valence-corrected chi connectivity index (χ0v) is 9.93. The Morgan fingerprint density at radius 2 is 2.53 bits per heavy atom. The molecule has 1 atom stereocenters. The van der Waals surface area contributed by atoms with E-state index in [4.69, 9.17) is 0 Å². The largest absolute Gasteiger partial charge is 0.300 e. The molecule has 1 unspecified atom stereocenters. The molecule has 0 spiro atoms. The van der Waals surface area contributed by atoms with E-state index in [1.165, 1.54) is 5.56 Å². The summed E-state index contributed by atoms with van der Waals surface area (Å²) >= 11 is 1.74. The standard InChI is InChI=1S/C12H17NOS/c1-10(14)12-3-2-5-13(8-12)7-11-4-6-15-9-11/h4,6,9,12H,2-3,5,7-8H2,1H3. The highest BCUT2D eigenvalue weighted by atomic mass is 32.1. The maximum Gasteiger partial charge on any atom is 0.134 e. The maximum absolute atomic E-state index is 11.3. The third-order valence-electron chi connectivity index (χ3n) is 3.07. The first kappa shape index (κ1) is 10.8. The van der Waals surface area contributed by atoms with Gasteiger partial charge in [0.2, 0.25) is 0 Å². The topological polar surface area (TPSA) is 20.3 Å². The molecule has 0 N–H and O–H groups in total.